The number of benzene rings is 3. The fraction of sp³-hybridized carbons (Fsp3) is 0.200. The van der Waals surface area contributed by atoms with Crippen LogP contribution in [0.3, 0.4) is 0 Å². The van der Waals surface area contributed by atoms with Crippen LogP contribution in [0, 0.1) is 12.7 Å². The lowest BCUT2D eigenvalue weighted by Gasteiger charge is -2.19. The number of halogens is 1. The van der Waals surface area contributed by atoms with Gasteiger partial charge in [0.2, 0.25) is 0 Å². The lowest BCUT2D eigenvalue weighted by Crippen LogP contribution is -2.27. The Morgan fingerprint density at radius 3 is 2.68 bits per heavy atom. The number of rotatable bonds is 7. The van der Waals surface area contributed by atoms with Crippen LogP contribution in [-0.4, -0.2) is 29.6 Å². The molecule has 0 aliphatic rings. The summed E-state index contributed by atoms with van der Waals surface area (Å²) in [6.07, 6.45) is 1.99. The minimum Gasteiger partial charge on any atom is -0.478 e. The summed E-state index contributed by atoms with van der Waals surface area (Å²) in [5, 5.41) is 14.8. The quantitative estimate of drug-likeness (QED) is 0.377. The minimum absolute atomic E-state index is 0.138. The largest absolute Gasteiger partial charge is 0.478 e. The van der Waals surface area contributed by atoms with Gasteiger partial charge in [-0.15, -0.1) is 0 Å². The number of carbonyl (C=O) groups is 1. The van der Waals surface area contributed by atoms with Gasteiger partial charge in [0, 0.05) is 37.0 Å². The van der Waals surface area contributed by atoms with Gasteiger partial charge < -0.3 is 19.7 Å². The molecule has 0 amide bonds. The first kappa shape index (κ1) is 25.7. The predicted octanol–water partition coefficient (Wildman–Crippen LogP) is 4.88. The third-order valence-electron chi connectivity index (χ3n) is 6.36. The van der Waals surface area contributed by atoms with Crippen LogP contribution in [0.5, 0.6) is 0 Å². The Morgan fingerprint density at radius 1 is 1.22 bits per heavy atom. The van der Waals surface area contributed by atoms with Crippen LogP contribution in [0.1, 0.15) is 41.4 Å². The summed E-state index contributed by atoms with van der Waals surface area (Å²) in [7, 11) is 1.97. The van der Waals surface area contributed by atoms with Gasteiger partial charge in [0.1, 0.15) is 22.7 Å². The second-order valence-electron chi connectivity index (χ2n) is 9.16. The van der Waals surface area contributed by atoms with Crippen LogP contribution >= 0.6 is 0 Å². The standard InChI is InChI=1S/C30H29FN2O4/c1-6-33(5)16-21-14-20(11-10-18(21)3)27-15-26(34)23-13-17(2)12-22(29(23)37-27)19(4)32-25-9-7-8-24(31)28(25)30(35)36/h7-16,19,32H,3,6H2,1-2,4-5H3,(H,35,36)/b21-16-. The van der Waals surface area contributed by atoms with Crippen LogP contribution < -0.4 is 21.2 Å². The second kappa shape index (κ2) is 10.3. The van der Waals surface area contributed by atoms with Crippen molar-refractivity contribution in [3.05, 3.63) is 97.8 Å². The number of aryl methyl sites for hydroxylation is 1. The zero-order chi connectivity index (χ0) is 26.9. The Morgan fingerprint density at radius 2 is 1.97 bits per heavy atom. The maximum Gasteiger partial charge on any atom is 0.340 e. The predicted molar refractivity (Wildman–Crippen MR) is 146 cm³/mol. The monoisotopic (exact) mass is 500 g/mol. The number of carboxylic acid groups (broad SMARTS) is 1. The summed E-state index contributed by atoms with van der Waals surface area (Å²) in [6.45, 7) is 10.7. The van der Waals surface area contributed by atoms with Crippen LogP contribution in [0.4, 0.5) is 10.1 Å². The van der Waals surface area contributed by atoms with Crippen molar-refractivity contribution in [2.24, 2.45) is 0 Å². The van der Waals surface area contributed by atoms with Crippen LogP contribution in [0.2, 0.25) is 0 Å². The van der Waals surface area contributed by atoms with Crippen LogP contribution in [0.15, 0.2) is 63.8 Å². The van der Waals surface area contributed by atoms with E-state index in [-0.39, 0.29) is 11.1 Å². The molecule has 0 radical (unpaired) electrons. The van der Waals surface area contributed by atoms with E-state index in [0.29, 0.717) is 22.3 Å². The van der Waals surface area contributed by atoms with E-state index in [2.05, 4.69) is 11.9 Å². The molecule has 1 heterocycles. The van der Waals surface area contributed by atoms with E-state index in [1.165, 1.54) is 18.2 Å². The summed E-state index contributed by atoms with van der Waals surface area (Å²) in [5.74, 6) is -1.80. The molecule has 4 aromatic rings. The Bertz CT molecular complexity index is 1680. The second-order valence-corrected chi connectivity index (χ2v) is 9.16. The topological polar surface area (TPSA) is 82.8 Å². The molecule has 0 saturated carbocycles. The van der Waals surface area contributed by atoms with Crippen molar-refractivity contribution in [3.63, 3.8) is 0 Å². The van der Waals surface area contributed by atoms with Crippen LogP contribution in [0.25, 0.3) is 35.1 Å². The maximum atomic E-state index is 14.2. The molecule has 37 heavy (non-hydrogen) atoms. The van der Waals surface area contributed by atoms with Crippen molar-refractivity contribution in [2.45, 2.75) is 26.8 Å². The molecule has 0 spiro atoms. The molecule has 0 fully saturated rings. The Labute approximate surface area is 214 Å². The molecule has 0 bridgehead atoms. The van der Waals surface area contributed by atoms with Gasteiger partial charge in [-0.05, 0) is 61.0 Å². The molecule has 1 atom stereocenters. The first-order valence-electron chi connectivity index (χ1n) is 12.0. The third-order valence-corrected chi connectivity index (χ3v) is 6.36. The summed E-state index contributed by atoms with van der Waals surface area (Å²) in [5.41, 5.74) is 2.11. The number of anilines is 1. The molecule has 0 aliphatic heterocycles. The smallest absolute Gasteiger partial charge is 0.340 e. The molecule has 3 aromatic carbocycles. The molecule has 1 aromatic heterocycles. The minimum atomic E-state index is -1.37. The molecule has 7 heteroatoms. The first-order valence-corrected chi connectivity index (χ1v) is 12.0. The van der Waals surface area contributed by atoms with Gasteiger partial charge in [-0.3, -0.25) is 4.79 Å². The molecular weight excluding hydrogens is 471 g/mol. The molecule has 1 unspecified atom stereocenters. The molecule has 0 aliphatic carbocycles. The summed E-state index contributed by atoms with van der Waals surface area (Å²) in [4.78, 5) is 26.9. The van der Waals surface area contributed by atoms with E-state index in [0.717, 1.165) is 34.2 Å². The number of nitrogens with zero attached hydrogens (tertiary/aromatic N) is 1. The third kappa shape index (κ3) is 5.26. The normalized spacial score (nSPS) is 12.5. The molecular formula is C30H29FN2O4. The van der Waals surface area contributed by atoms with Gasteiger partial charge in [-0.1, -0.05) is 30.8 Å². The number of fused-ring (bicyclic) bond motifs is 1. The van der Waals surface area contributed by atoms with Gasteiger partial charge >= 0.3 is 5.97 Å². The number of hydrogen-bond donors (Lipinski definition) is 2. The van der Waals surface area contributed by atoms with E-state index in [9.17, 15) is 19.1 Å². The maximum absolute atomic E-state index is 14.2. The highest BCUT2D eigenvalue weighted by Crippen LogP contribution is 2.31. The van der Waals surface area contributed by atoms with Crippen molar-refractivity contribution in [1.82, 2.24) is 4.90 Å². The number of carboxylic acids is 1. The number of hydrogen-bond acceptors (Lipinski definition) is 5. The Balaban J connectivity index is 1.87. The molecule has 6 nitrogen and oxygen atoms in total. The summed E-state index contributed by atoms with van der Waals surface area (Å²) < 4.78 is 20.6. The van der Waals surface area contributed by atoms with Crippen molar-refractivity contribution in [1.29, 1.82) is 0 Å². The van der Waals surface area contributed by atoms with Crippen molar-refractivity contribution in [3.8, 4) is 11.3 Å². The fourth-order valence-corrected chi connectivity index (χ4v) is 4.27. The SMILES string of the molecule is C=c1ccc(-c2cc(=O)c3cc(C)cc(C(C)Nc4cccc(F)c4C(=O)O)c3o2)c/c1=C/N(C)CC. The van der Waals surface area contributed by atoms with E-state index < -0.39 is 23.4 Å². The van der Waals surface area contributed by atoms with Gasteiger partial charge in [0.05, 0.1) is 17.1 Å². The van der Waals surface area contributed by atoms with Crippen molar-refractivity contribution in [2.75, 3.05) is 18.9 Å². The summed E-state index contributed by atoms with van der Waals surface area (Å²) in [6, 6.07) is 14.3. The van der Waals surface area contributed by atoms with E-state index >= 15 is 0 Å². The lowest BCUT2D eigenvalue weighted by molar-refractivity contribution is 0.0693. The summed E-state index contributed by atoms with van der Waals surface area (Å²) >= 11 is 0. The molecule has 0 saturated heterocycles. The molecule has 2 N–H and O–H groups in total. The van der Waals surface area contributed by atoms with E-state index in [1.54, 1.807) is 6.07 Å². The highest BCUT2D eigenvalue weighted by molar-refractivity contribution is 5.94. The van der Waals surface area contributed by atoms with Gasteiger partial charge in [0.25, 0.3) is 0 Å². The van der Waals surface area contributed by atoms with Crippen molar-refractivity contribution < 1.29 is 18.7 Å². The number of nitrogens with one attached hydrogen (secondary N) is 1. The highest BCUT2D eigenvalue weighted by Gasteiger charge is 2.20. The van der Waals surface area contributed by atoms with E-state index in [1.807, 2.05) is 63.2 Å². The van der Waals surface area contributed by atoms with Crippen LogP contribution in [-0.2, 0) is 0 Å². The zero-order valence-corrected chi connectivity index (χ0v) is 21.3. The van der Waals surface area contributed by atoms with Gasteiger partial charge in [-0.25, -0.2) is 9.18 Å². The van der Waals surface area contributed by atoms with Gasteiger partial charge in [-0.2, -0.15) is 0 Å². The Hall–Kier alpha value is -4.39. The van der Waals surface area contributed by atoms with E-state index in [4.69, 9.17) is 4.42 Å². The Kier molecular flexibility index (Phi) is 7.16. The fourth-order valence-electron chi connectivity index (χ4n) is 4.27. The molecule has 190 valence electrons. The van der Waals surface area contributed by atoms with Gasteiger partial charge in [0.15, 0.2) is 5.43 Å². The zero-order valence-electron chi connectivity index (χ0n) is 21.3. The lowest BCUT2D eigenvalue weighted by atomic mass is 10.00. The first-order chi connectivity index (χ1) is 17.6. The average Bonchev–Trinajstić information content (AvgIpc) is 2.85. The van der Waals surface area contributed by atoms with Crippen molar-refractivity contribution >= 4 is 35.4 Å². The molecule has 4 rings (SSSR count). The average molecular weight is 501 g/mol. The number of aromatic carboxylic acids is 1. The highest BCUT2D eigenvalue weighted by atomic mass is 19.1.